The van der Waals surface area contributed by atoms with E-state index in [1.165, 1.54) is 33.4 Å². The van der Waals surface area contributed by atoms with Crippen LogP contribution in [0.1, 0.15) is 11.1 Å². The van der Waals surface area contributed by atoms with E-state index in [9.17, 15) is 0 Å². The van der Waals surface area contributed by atoms with Crippen LogP contribution >= 0.6 is 0 Å². The number of hydrogen-bond acceptors (Lipinski definition) is 0. The molecule has 0 aliphatic carbocycles. The number of aryl methyl sites for hydroxylation is 2. The van der Waals surface area contributed by atoms with Crippen molar-refractivity contribution < 1.29 is 21.7 Å². The zero-order valence-corrected chi connectivity index (χ0v) is 23.1. The minimum atomic E-state index is 0. The Balaban J connectivity index is 0.000000176. The van der Waals surface area contributed by atoms with E-state index in [2.05, 4.69) is 123 Å². The van der Waals surface area contributed by atoms with Gasteiger partial charge in [-0.2, -0.15) is 96.1 Å². The van der Waals surface area contributed by atoms with Crippen LogP contribution in [0.4, 0.5) is 0 Å². The quantitative estimate of drug-likeness (QED) is 0.160. The van der Waals surface area contributed by atoms with Gasteiger partial charge in [-0.15, -0.1) is 59.7 Å². The van der Waals surface area contributed by atoms with Gasteiger partial charge in [0.1, 0.15) is 0 Å². The van der Waals surface area contributed by atoms with Gasteiger partial charge in [0.05, 0.1) is 0 Å². The molecule has 0 spiro atoms. The number of hydrogen-bond donors (Lipinski definition) is 0. The van der Waals surface area contributed by atoms with Gasteiger partial charge in [-0.25, -0.2) is 0 Å². The molecule has 0 nitrogen and oxygen atoms in total. The van der Waals surface area contributed by atoms with Gasteiger partial charge in [-0.3, -0.25) is 0 Å². The molecule has 0 bridgehead atoms. The van der Waals surface area contributed by atoms with Gasteiger partial charge in [0, 0.05) is 0 Å². The number of benzene rings is 4. The molecule has 0 N–H and O–H groups in total. The van der Waals surface area contributed by atoms with Crippen LogP contribution in [0.2, 0.25) is 0 Å². The van der Waals surface area contributed by atoms with Gasteiger partial charge in [0.15, 0.2) is 0 Å². The molecular formula is C36H32Ti. The van der Waals surface area contributed by atoms with Crippen molar-refractivity contribution in [1.82, 2.24) is 0 Å². The van der Waals surface area contributed by atoms with E-state index < -0.39 is 0 Å². The first kappa shape index (κ1) is 29.5. The Bertz CT molecular complexity index is 1180. The predicted octanol–water partition coefficient (Wildman–Crippen LogP) is 9.73. The molecule has 6 rings (SSSR count). The fraction of sp³-hybridized carbons (Fsp3) is 0.0556. The largest absolute Gasteiger partial charge is 4.00 e. The minimum Gasteiger partial charge on any atom is -0.184 e. The van der Waals surface area contributed by atoms with Gasteiger partial charge in [-0.1, -0.05) is 61.4 Å². The third-order valence-corrected chi connectivity index (χ3v) is 5.31. The van der Waals surface area contributed by atoms with Crippen molar-refractivity contribution >= 4 is 0 Å². The van der Waals surface area contributed by atoms with Crippen LogP contribution in [-0.2, 0) is 21.7 Å². The van der Waals surface area contributed by atoms with Gasteiger partial charge in [0.2, 0.25) is 0 Å². The Morgan fingerprint density at radius 3 is 0.946 bits per heavy atom. The second-order valence-corrected chi connectivity index (χ2v) is 8.23. The van der Waals surface area contributed by atoms with Crippen molar-refractivity contribution in [3.63, 3.8) is 0 Å². The van der Waals surface area contributed by atoms with E-state index >= 15 is 0 Å². The van der Waals surface area contributed by atoms with Gasteiger partial charge >= 0.3 is 21.7 Å². The maximum absolute atomic E-state index is 2.93. The summed E-state index contributed by atoms with van der Waals surface area (Å²) in [5, 5.41) is 0. The average Bonchev–Trinajstić information content (AvgIpc) is 3.67. The van der Waals surface area contributed by atoms with E-state index in [1.54, 1.807) is 0 Å². The van der Waals surface area contributed by atoms with Crippen LogP contribution in [0.25, 0.3) is 22.3 Å². The van der Waals surface area contributed by atoms with E-state index in [1.807, 2.05) is 60.7 Å². The second kappa shape index (κ2) is 17.7. The molecule has 180 valence electrons. The number of rotatable bonds is 2. The van der Waals surface area contributed by atoms with Gasteiger partial charge in [-0.05, 0) is 0 Å². The summed E-state index contributed by atoms with van der Waals surface area (Å²) < 4.78 is 0. The maximum atomic E-state index is 2.93. The summed E-state index contributed by atoms with van der Waals surface area (Å²) in [4.78, 5) is 0. The van der Waals surface area contributed by atoms with Gasteiger partial charge in [0.25, 0.3) is 0 Å². The Kier molecular flexibility index (Phi) is 14.1. The Morgan fingerprint density at radius 2 is 0.703 bits per heavy atom. The molecule has 0 saturated carbocycles. The maximum Gasteiger partial charge on any atom is 4.00 e. The molecule has 6 aromatic rings. The molecule has 0 unspecified atom stereocenters. The zero-order valence-electron chi connectivity index (χ0n) is 21.5. The Hall–Kier alpha value is -3.71. The minimum absolute atomic E-state index is 0. The summed E-state index contributed by atoms with van der Waals surface area (Å²) in [6, 6.07) is 59.1. The third kappa shape index (κ3) is 11.7. The van der Waals surface area contributed by atoms with Crippen molar-refractivity contribution in [3.05, 3.63) is 181 Å². The summed E-state index contributed by atoms with van der Waals surface area (Å²) >= 11 is 0. The first-order chi connectivity index (χ1) is 17.7. The standard InChI is InChI=1S/2C11H9.2C7H7.Ti/c2*1-2-6-10(7-3-1)11-8-4-5-9-11;2*1-7-5-3-2-4-6-7;/h2*1-9H;2*3-6H,1H3;/q4*-1;+4. The Labute approximate surface area is 237 Å². The molecule has 0 fully saturated rings. The first-order valence-electron chi connectivity index (χ1n) is 12.1. The summed E-state index contributed by atoms with van der Waals surface area (Å²) in [7, 11) is 0. The molecule has 0 saturated heterocycles. The van der Waals surface area contributed by atoms with Crippen LogP contribution in [0, 0.1) is 26.0 Å². The summed E-state index contributed by atoms with van der Waals surface area (Å²) in [5.41, 5.74) is 7.75. The Morgan fingerprint density at radius 1 is 0.405 bits per heavy atom. The van der Waals surface area contributed by atoms with E-state index in [4.69, 9.17) is 0 Å². The van der Waals surface area contributed by atoms with Crippen LogP contribution in [0.5, 0.6) is 0 Å². The summed E-state index contributed by atoms with van der Waals surface area (Å²) in [6.45, 7) is 4.13. The average molecular weight is 513 g/mol. The van der Waals surface area contributed by atoms with Crippen molar-refractivity contribution in [3.8, 4) is 22.3 Å². The monoisotopic (exact) mass is 512 g/mol. The van der Waals surface area contributed by atoms with Crippen molar-refractivity contribution in [2.45, 2.75) is 13.8 Å². The summed E-state index contributed by atoms with van der Waals surface area (Å²) in [6.07, 6.45) is 0. The van der Waals surface area contributed by atoms with Crippen molar-refractivity contribution in [1.29, 1.82) is 0 Å². The van der Waals surface area contributed by atoms with E-state index in [-0.39, 0.29) is 21.7 Å². The molecule has 0 aromatic heterocycles. The van der Waals surface area contributed by atoms with Crippen molar-refractivity contribution in [2.24, 2.45) is 0 Å². The van der Waals surface area contributed by atoms with E-state index in [0.29, 0.717) is 0 Å². The molecule has 0 heterocycles. The molecular weight excluding hydrogens is 480 g/mol. The molecule has 0 radical (unpaired) electrons. The fourth-order valence-corrected chi connectivity index (χ4v) is 3.33. The molecule has 1 heteroatoms. The topological polar surface area (TPSA) is 0 Å². The molecule has 37 heavy (non-hydrogen) atoms. The molecule has 0 aliphatic heterocycles. The molecule has 0 atom stereocenters. The third-order valence-electron chi connectivity index (χ3n) is 5.31. The van der Waals surface area contributed by atoms with Crippen LogP contribution < -0.4 is 0 Å². The zero-order chi connectivity index (χ0) is 25.3. The SMILES string of the molecule is Cc1cc[c-]cc1.Cc1cc[c-]cc1.[Ti+4].c1ccc(-[c-]2cccc2)cc1.c1ccc(-[c-]2cccc2)cc1. The normalized spacial score (nSPS) is 9.14. The molecule has 0 amide bonds. The second-order valence-electron chi connectivity index (χ2n) is 8.23. The van der Waals surface area contributed by atoms with Crippen LogP contribution in [0.15, 0.2) is 158 Å². The van der Waals surface area contributed by atoms with Crippen LogP contribution in [-0.4, -0.2) is 0 Å². The van der Waals surface area contributed by atoms with E-state index in [0.717, 1.165) is 0 Å². The predicted molar refractivity (Wildman–Crippen MR) is 155 cm³/mol. The molecule has 6 aromatic carbocycles. The first-order valence-corrected chi connectivity index (χ1v) is 12.1. The smallest absolute Gasteiger partial charge is 0.184 e. The van der Waals surface area contributed by atoms with Crippen molar-refractivity contribution in [2.75, 3.05) is 0 Å². The van der Waals surface area contributed by atoms with Crippen LogP contribution in [0.3, 0.4) is 0 Å². The fourth-order valence-electron chi connectivity index (χ4n) is 3.33. The summed E-state index contributed by atoms with van der Waals surface area (Å²) in [5.74, 6) is 0. The van der Waals surface area contributed by atoms with Gasteiger partial charge < -0.3 is 0 Å². The molecule has 0 aliphatic rings.